The fourth-order valence-electron chi connectivity index (χ4n) is 5.67. The first-order valence-corrected chi connectivity index (χ1v) is 9.52. The molecule has 1 heterocycles. The van der Waals surface area contributed by atoms with Gasteiger partial charge in [0.25, 0.3) is 5.56 Å². The molecule has 0 amide bonds. The molecule has 1 aromatic heterocycles. The highest BCUT2D eigenvalue weighted by molar-refractivity contribution is 5.19. The highest BCUT2D eigenvalue weighted by Crippen LogP contribution is 2.61. The van der Waals surface area contributed by atoms with Crippen LogP contribution in [0.25, 0.3) is 0 Å². The second kappa shape index (κ2) is 6.82. The second-order valence-corrected chi connectivity index (χ2v) is 8.61. The summed E-state index contributed by atoms with van der Waals surface area (Å²) in [5.74, 6) is 0.688. The van der Waals surface area contributed by atoms with Crippen LogP contribution in [-0.4, -0.2) is 32.5 Å². The third-order valence-corrected chi connectivity index (χ3v) is 7.30. The van der Waals surface area contributed by atoms with E-state index >= 15 is 0 Å². The molecule has 2 aliphatic carbocycles. The zero-order valence-electron chi connectivity index (χ0n) is 15.8. The van der Waals surface area contributed by atoms with Crippen LogP contribution in [0.15, 0.2) is 29.2 Å². The normalized spacial score (nSPS) is 37.4. The number of aliphatic hydroxyl groups excluding tert-OH is 2. The lowest BCUT2D eigenvalue weighted by atomic mass is 9.46. The quantitative estimate of drug-likeness (QED) is 0.712. The molecule has 2 unspecified atom stereocenters. The number of nitrogens with zero attached hydrogens (tertiary/aromatic N) is 2. The molecule has 2 saturated carbocycles. The minimum Gasteiger partial charge on any atom is -0.396 e. The smallest absolute Gasteiger partial charge is 0.254 e. The zero-order chi connectivity index (χ0) is 19.1. The Balaban J connectivity index is 1.88. The van der Waals surface area contributed by atoms with Gasteiger partial charge >= 0.3 is 0 Å². The van der Waals surface area contributed by atoms with Gasteiger partial charge in [0.05, 0.1) is 12.7 Å². The molecule has 6 heteroatoms. The minimum atomic E-state index is -0.490. The summed E-state index contributed by atoms with van der Waals surface area (Å²) < 4.78 is 1.52. The van der Waals surface area contributed by atoms with Crippen LogP contribution in [0.2, 0.25) is 0 Å². The van der Waals surface area contributed by atoms with Crippen molar-refractivity contribution >= 4 is 5.95 Å². The summed E-state index contributed by atoms with van der Waals surface area (Å²) in [6.07, 6.45) is 5.13. The number of anilines is 1. The predicted octanol–water partition coefficient (Wildman–Crippen LogP) is 1.96. The summed E-state index contributed by atoms with van der Waals surface area (Å²) in [6, 6.07) is 1.43. The van der Waals surface area contributed by atoms with E-state index in [0.717, 1.165) is 25.7 Å². The Hall–Kier alpha value is -1.66. The molecule has 26 heavy (non-hydrogen) atoms. The van der Waals surface area contributed by atoms with E-state index in [2.05, 4.69) is 18.5 Å². The minimum absolute atomic E-state index is 0.0113. The van der Waals surface area contributed by atoms with E-state index in [1.165, 1.54) is 22.4 Å². The molecule has 0 aromatic carbocycles. The number of aromatic nitrogens is 2. The molecule has 0 bridgehead atoms. The maximum Gasteiger partial charge on any atom is 0.254 e. The maximum absolute atomic E-state index is 12.1. The third-order valence-electron chi connectivity index (χ3n) is 7.30. The van der Waals surface area contributed by atoms with Crippen molar-refractivity contribution in [3.63, 3.8) is 0 Å². The van der Waals surface area contributed by atoms with E-state index in [1.807, 2.05) is 6.92 Å². The predicted molar refractivity (Wildman–Crippen MR) is 101 cm³/mol. The van der Waals surface area contributed by atoms with Crippen LogP contribution in [0.3, 0.4) is 0 Å². The summed E-state index contributed by atoms with van der Waals surface area (Å²) in [5.41, 5.74) is 6.41. The maximum atomic E-state index is 12.1. The molecule has 1 aromatic rings. The van der Waals surface area contributed by atoms with Crippen molar-refractivity contribution in [2.45, 2.75) is 58.6 Å². The first kappa shape index (κ1) is 19.1. The monoisotopic (exact) mass is 361 g/mol. The highest BCUT2D eigenvalue weighted by atomic mass is 16.3. The van der Waals surface area contributed by atoms with Crippen LogP contribution >= 0.6 is 0 Å². The van der Waals surface area contributed by atoms with Gasteiger partial charge in [-0.05, 0) is 49.4 Å². The molecule has 0 aliphatic heterocycles. The Labute approximate surface area is 154 Å². The lowest BCUT2D eigenvalue weighted by Crippen LogP contribution is -2.57. The number of aliphatic hydroxyl groups is 2. The number of hydrogen-bond acceptors (Lipinski definition) is 5. The number of rotatable bonds is 4. The van der Waals surface area contributed by atoms with E-state index in [9.17, 15) is 15.0 Å². The summed E-state index contributed by atoms with van der Waals surface area (Å²) in [7, 11) is 0. The summed E-state index contributed by atoms with van der Waals surface area (Å²) >= 11 is 0. The SMILES string of the molecule is C=C1CCC2C(C)(CO)[C@H](O)CC[C@@]2(C)[C@@H]1CCn1c(N)nccc1=O. The summed E-state index contributed by atoms with van der Waals surface area (Å²) in [6.45, 7) is 9.09. The van der Waals surface area contributed by atoms with Gasteiger partial charge in [-0.3, -0.25) is 9.36 Å². The van der Waals surface area contributed by atoms with Crippen LogP contribution in [-0.2, 0) is 6.54 Å². The molecule has 6 nitrogen and oxygen atoms in total. The molecule has 0 radical (unpaired) electrons. The van der Waals surface area contributed by atoms with Crippen molar-refractivity contribution in [2.75, 3.05) is 12.3 Å². The van der Waals surface area contributed by atoms with Crippen LogP contribution in [0, 0.1) is 22.7 Å². The highest BCUT2D eigenvalue weighted by Gasteiger charge is 2.57. The number of hydrogen-bond donors (Lipinski definition) is 3. The van der Waals surface area contributed by atoms with E-state index in [0.29, 0.717) is 13.0 Å². The number of nitrogens with two attached hydrogens (primary N) is 1. The largest absolute Gasteiger partial charge is 0.396 e. The van der Waals surface area contributed by atoms with Gasteiger partial charge in [0.15, 0.2) is 0 Å². The molecule has 5 atom stereocenters. The van der Waals surface area contributed by atoms with E-state index in [4.69, 9.17) is 5.73 Å². The topological polar surface area (TPSA) is 101 Å². The Morgan fingerprint density at radius 3 is 2.81 bits per heavy atom. The summed E-state index contributed by atoms with van der Waals surface area (Å²) in [4.78, 5) is 16.1. The van der Waals surface area contributed by atoms with Crippen molar-refractivity contribution in [1.29, 1.82) is 0 Å². The Kier molecular flexibility index (Phi) is 5.01. The number of allylic oxidation sites excluding steroid dienone is 1. The molecule has 2 fully saturated rings. The molecule has 4 N–H and O–H groups in total. The fraction of sp³-hybridized carbons (Fsp3) is 0.700. The Morgan fingerprint density at radius 2 is 2.15 bits per heavy atom. The lowest BCUT2D eigenvalue weighted by Gasteiger charge is -2.60. The van der Waals surface area contributed by atoms with Gasteiger partial charge in [0.2, 0.25) is 5.95 Å². The van der Waals surface area contributed by atoms with Gasteiger partial charge in [0, 0.05) is 24.2 Å². The first-order chi connectivity index (χ1) is 12.2. The number of fused-ring (bicyclic) bond motifs is 1. The van der Waals surface area contributed by atoms with Gasteiger partial charge < -0.3 is 15.9 Å². The van der Waals surface area contributed by atoms with Crippen molar-refractivity contribution in [2.24, 2.45) is 22.7 Å². The van der Waals surface area contributed by atoms with Gasteiger partial charge in [-0.2, -0.15) is 0 Å². The molecule has 0 spiro atoms. The fourth-order valence-corrected chi connectivity index (χ4v) is 5.67. The Morgan fingerprint density at radius 1 is 1.42 bits per heavy atom. The van der Waals surface area contributed by atoms with Crippen molar-refractivity contribution in [1.82, 2.24) is 9.55 Å². The van der Waals surface area contributed by atoms with E-state index in [-0.39, 0.29) is 35.4 Å². The van der Waals surface area contributed by atoms with Crippen molar-refractivity contribution < 1.29 is 10.2 Å². The second-order valence-electron chi connectivity index (χ2n) is 8.61. The molecular formula is C20H31N3O3. The summed E-state index contributed by atoms with van der Waals surface area (Å²) in [5, 5.41) is 20.6. The first-order valence-electron chi connectivity index (χ1n) is 9.52. The van der Waals surface area contributed by atoms with E-state index in [1.54, 1.807) is 0 Å². The molecule has 3 rings (SSSR count). The average molecular weight is 361 g/mol. The van der Waals surface area contributed by atoms with Crippen LogP contribution in [0.4, 0.5) is 5.95 Å². The third kappa shape index (κ3) is 2.89. The van der Waals surface area contributed by atoms with Gasteiger partial charge in [-0.1, -0.05) is 26.0 Å². The molecule has 0 saturated heterocycles. The van der Waals surface area contributed by atoms with Crippen molar-refractivity contribution in [3.8, 4) is 0 Å². The number of nitrogen functional groups attached to an aromatic ring is 1. The molecule has 144 valence electrons. The van der Waals surface area contributed by atoms with Crippen LogP contribution in [0.5, 0.6) is 0 Å². The average Bonchev–Trinajstić information content (AvgIpc) is 2.60. The van der Waals surface area contributed by atoms with Gasteiger partial charge in [-0.15, -0.1) is 0 Å². The van der Waals surface area contributed by atoms with Gasteiger partial charge in [0.1, 0.15) is 0 Å². The zero-order valence-corrected chi connectivity index (χ0v) is 15.8. The van der Waals surface area contributed by atoms with Crippen molar-refractivity contribution in [3.05, 3.63) is 34.8 Å². The lowest BCUT2D eigenvalue weighted by molar-refractivity contribution is -0.152. The standard InChI is InChI=1S/C20H31N3O3/c1-13-4-5-15-19(2,9-6-16(25)20(15,3)12-24)14(13)8-11-23-17(26)7-10-22-18(23)21/h7,10,14-16,24-25H,1,4-6,8-9,11-12H2,2-3H3,(H2,21,22)/t14-,15?,16-,19+,20?/m1/s1. The van der Waals surface area contributed by atoms with E-state index < -0.39 is 11.5 Å². The molecule has 2 aliphatic rings. The van der Waals surface area contributed by atoms with Gasteiger partial charge in [-0.25, -0.2) is 4.98 Å². The Bertz CT molecular complexity index is 746. The van der Waals surface area contributed by atoms with Crippen LogP contribution in [0.1, 0.15) is 46.0 Å². The molecular weight excluding hydrogens is 330 g/mol. The van der Waals surface area contributed by atoms with Crippen LogP contribution < -0.4 is 11.3 Å².